The number of ketones is 1. The molecule has 0 fully saturated rings. The van der Waals surface area contributed by atoms with Gasteiger partial charge in [-0.05, 0) is 6.42 Å². The maximum Gasteiger partial charge on any atom is 0.301 e. The lowest BCUT2D eigenvalue weighted by molar-refractivity contribution is -0.140. The van der Waals surface area contributed by atoms with Gasteiger partial charge in [-0.1, -0.05) is 20.3 Å². The average molecular weight is 158 g/mol. The van der Waals surface area contributed by atoms with E-state index in [4.69, 9.17) is 5.84 Å². The number of amides is 1. The van der Waals surface area contributed by atoms with Crippen molar-refractivity contribution in [1.82, 2.24) is 5.43 Å². The number of nitrogens with one attached hydrogen (secondary N) is 1. The lowest BCUT2D eigenvalue weighted by Crippen LogP contribution is -2.38. The molecule has 1 atom stereocenters. The highest BCUT2D eigenvalue weighted by Crippen LogP contribution is 2.05. The molecule has 0 spiro atoms. The van der Waals surface area contributed by atoms with Crippen molar-refractivity contribution in [3.63, 3.8) is 0 Å². The van der Waals surface area contributed by atoms with E-state index >= 15 is 0 Å². The molecule has 0 aromatic heterocycles. The van der Waals surface area contributed by atoms with E-state index in [-0.39, 0.29) is 5.92 Å². The fourth-order valence-electron chi connectivity index (χ4n) is 0.859. The molecule has 64 valence electrons. The third-order valence-corrected chi connectivity index (χ3v) is 1.52. The van der Waals surface area contributed by atoms with E-state index in [2.05, 4.69) is 0 Å². The Bertz CT molecular complexity index is 157. The summed E-state index contributed by atoms with van der Waals surface area (Å²) >= 11 is 0. The second-order valence-corrected chi connectivity index (χ2v) is 2.53. The van der Waals surface area contributed by atoms with E-state index in [1.165, 1.54) is 0 Å². The molecule has 1 amide bonds. The minimum atomic E-state index is -0.703. The summed E-state index contributed by atoms with van der Waals surface area (Å²) in [7, 11) is 0. The molecule has 0 aliphatic rings. The van der Waals surface area contributed by atoms with Crippen molar-refractivity contribution in [2.45, 2.75) is 26.7 Å². The fraction of sp³-hybridized carbons (Fsp3) is 0.714. The molecule has 3 N–H and O–H groups in total. The Morgan fingerprint density at radius 1 is 1.55 bits per heavy atom. The van der Waals surface area contributed by atoms with Crippen molar-refractivity contribution >= 4 is 11.7 Å². The Morgan fingerprint density at radius 3 is 2.45 bits per heavy atom. The van der Waals surface area contributed by atoms with Crippen LogP contribution in [0.15, 0.2) is 0 Å². The Kier molecular flexibility index (Phi) is 4.45. The van der Waals surface area contributed by atoms with Crippen molar-refractivity contribution in [3.8, 4) is 0 Å². The SMILES string of the molecule is CCCC(C)C(=O)C(=O)NN. The van der Waals surface area contributed by atoms with Crippen LogP contribution in [0.1, 0.15) is 26.7 Å². The van der Waals surface area contributed by atoms with Gasteiger partial charge < -0.3 is 0 Å². The zero-order chi connectivity index (χ0) is 8.85. The molecule has 0 aliphatic carbocycles. The summed E-state index contributed by atoms with van der Waals surface area (Å²) < 4.78 is 0. The van der Waals surface area contributed by atoms with Crippen LogP contribution < -0.4 is 11.3 Å². The van der Waals surface area contributed by atoms with E-state index in [1.54, 1.807) is 6.92 Å². The van der Waals surface area contributed by atoms with Gasteiger partial charge in [-0.2, -0.15) is 0 Å². The number of hydrazine groups is 1. The third kappa shape index (κ3) is 3.13. The molecule has 0 heterocycles. The van der Waals surface area contributed by atoms with E-state index in [9.17, 15) is 9.59 Å². The molecule has 0 bridgehead atoms. The summed E-state index contributed by atoms with van der Waals surface area (Å²) in [6, 6.07) is 0. The van der Waals surface area contributed by atoms with Gasteiger partial charge in [0.25, 0.3) is 0 Å². The van der Waals surface area contributed by atoms with Gasteiger partial charge in [0, 0.05) is 5.92 Å². The average Bonchev–Trinajstić information content (AvgIpc) is 2.02. The van der Waals surface area contributed by atoms with Crippen LogP contribution in [0.2, 0.25) is 0 Å². The molecule has 0 radical (unpaired) electrons. The number of hydrogen-bond donors (Lipinski definition) is 2. The van der Waals surface area contributed by atoms with Crippen molar-refractivity contribution < 1.29 is 9.59 Å². The predicted octanol–water partition coefficient (Wildman–Crippen LogP) is -0.0184. The van der Waals surface area contributed by atoms with Crippen molar-refractivity contribution in [3.05, 3.63) is 0 Å². The molecule has 0 rings (SSSR count). The first-order chi connectivity index (χ1) is 5.13. The molecule has 0 aromatic carbocycles. The molecular weight excluding hydrogens is 144 g/mol. The first kappa shape index (κ1) is 10.1. The highest BCUT2D eigenvalue weighted by atomic mass is 16.2. The van der Waals surface area contributed by atoms with E-state index < -0.39 is 11.7 Å². The van der Waals surface area contributed by atoms with Gasteiger partial charge in [0.15, 0.2) is 0 Å². The predicted molar refractivity (Wildman–Crippen MR) is 41.4 cm³/mol. The second-order valence-electron chi connectivity index (χ2n) is 2.53. The molecule has 0 aliphatic heterocycles. The normalized spacial score (nSPS) is 12.3. The van der Waals surface area contributed by atoms with Crippen LogP contribution in [0, 0.1) is 5.92 Å². The molecular formula is C7H14N2O2. The second kappa shape index (κ2) is 4.85. The summed E-state index contributed by atoms with van der Waals surface area (Å²) in [6.45, 7) is 3.69. The molecule has 11 heavy (non-hydrogen) atoms. The van der Waals surface area contributed by atoms with Gasteiger partial charge in [0.1, 0.15) is 0 Å². The van der Waals surface area contributed by atoms with Crippen molar-refractivity contribution in [1.29, 1.82) is 0 Å². The molecule has 0 saturated heterocycles. The van der Waals surface area contributed by atoms with Crippen LogP contribution in [0.3, 0.4) is 0 Å². The highest BCUT2D eigenvalue weighted by molar-refractivity contribution is 6.36. The number of carbonyl (C=O) groups excluding carboxylic acids is 2. The Hall–Kier alpha value is -0.900. The summed E-state index contributed by atoms with van der Waals surface area (Å²) in [6.07, 6.45) is 1.62. The Labute approximate surface area is 66.1 Å². The van der Waals surface area contributed by atoms with Crippen LogP contribution in [0.5, 0.6) is 0 Å². The molecule has 4 nitrogen and oxygen atoms in total. The van der Waals surface area contributed by atoms with Gasteiger partial charge in [0.05, 0.1) is 0 Å². The van der Waals surface area contributed by atoms with E-state index in [0.717, 1.165) is 12.8 Å². The topological polar surface area (TPSA) is 72.2 Å². The van der Waals surface area contributed by atoms with E-state index in [1.807, 2.05) is 12.3 Å². The van der Waals surface area contributed by atoms with Crippen LogP contribution in [-0.4, -0.2) is 11.7 Å². The lowest BCUT2D eigenvalue weighted by Gasteiger charge is -2.05. The van der Waals surface area contributed by atoms with Gasteiger partial charge in [-0.25, -0.2) is 5.84 Å². The summed E-state index contributed by atoms with van der Waals surface area (Å²) in [5, 5.41) is 0. The first-order valence-electron chi connectivity index (χ1n) is 3.68. The highest BCUT2D eigenvalue weighted by Gasteiger charge is 2.18. The largest absolute Gasteiger partial charge is 0.301 e. The summed E-state index contributed by atoms with van der Waals surface area (Å²) in [4.78, 5) is 21.6. The fourth-order valence-corrected chi connectivity index (χ4v) is 0.859. The van der Waals surface area contributed by atoms with Crippen LogP contribution in [0.4, 0.5) is 0 Å². The molecule has 0 saturated carbocycles. The lowest BCUT2D eigenvalue weighted by atomic mass is 10.0. The maximum absolute atomic E-state index is 11.0. The number of hydrogen-bond acceptors (Lipinski definition) is 3. The van der Waals surface area contributed by atoms with Gasteiger partial charge in [0.2, 0.25) is 5.78 Å². The first-order valence-corrected chi connectivity index (χ1v) is 3.68. The quantitative estimate of drug-likeness (QED) is 0.261. The molecule has 1 unspecified atom stereocenters. The number of rotatable bonds is 4. The third-order valence-electron chi connectivity index (χ3n) is 1.52. The summed E-state index contributed by atoms with van der Waals surface area (Å²) in [5.41, 5.74) is 1.82. The minimum Gasteiger partial charge on any atom is -0.288 e. The number of Topliss-reactive ketones (excluding diaryl/α,β-unsaturated/α-hetero) is 1. The summed E-state index contributed by atoms with van der Waals surface area (Å²) in [5.74, 6) is 3.43. The maximum atomic E-state index is 11.0. The van der Waals surface area contributed by atoms with Crippen LogP contribution in [-0.2, 0) is 9.59 Å². The number of nitrogens with two attached hydrogens (primary N) is 1. The van der Waals surface area contributed by atoms with E-state index in [0.29, 0.717) is 0 Å². The minimum absolute atomic E-state index is 0.219. The van der Waals surface area contributed by atoms with Crippen molar-refractivity contribution in [2.24, 2.45) is 11.8 Å². The molecule has 4 heteroatoms. The van der Waals surface area contributed by atoms with Gasteiger partial charge >= 0.3 is 5.91 Å². The van der Waals surface area contributed by atoms with Gasteiger partial charge in [-0.15, -0.1) is 0 Å². The van der Waals surface area contributed by atoms with Gasteiger partial charge in [-0.3, -0.25) is 15.0 Å². The zero-order valence-electron chi connectivity index (χ0n) is 6.89. The van der Waals surface area contributed by atoms with Crippen LogP contribution >= 0.6 is 0 Å². The zero-order valence-corrected chi connectivity index (χ0v) is 6.89. The number of carbonyl (C=O) groups is 2. The van der Waals surface area contributed by atoms with Crippen molar-refractivity contribution in [2.75, 3.05) is 0 Å². The standard InChI is InChI=1S/C7H14N2O2/c1-3-4-5(2)6(10)7(11)9-8/h5H,3-4,8H2,1-2H3,(H,9,11). The molecule has 0 aromatic rings. The van der Waals surface area contributed by atoms with Crippen LogP contribution in [0.25, 0.3) is 0 Å². The monoisotopic (exact) mass is 158 g/mol. The Morgan fingerprint density at radius 2 is 2.09 bits per heavy atom. The Balaban J connectivity index is 3.91. The smallest absolute Gasteiger partial charge is 0.288 e.